The molecular formula is C35H51N5O10P2. The highest BCUT2D eigenvalue weighted by atomic mass is 31.1. The maximum atomic E-state index is 14.0. The van der Waals surface area contributed by atoms with Gasteiger partial charge in [0, 0.05) is 36.4 Å². The number of unbranched alkanes of at least 4 members (excludes halogenated alkanes) is 1. The number of nitrogens with one attached hydrogen (secondary N) is 4. The first-order valence-electron chi connectivity index (χ1n) is 17.8. The lowest BCUT2D eigenvalue weighted by molar-refractivity contribution is -0.148. The normalized spacial score (nSPS) is 24.6. The van der Waals surface area contributed by atoms with Gasteiger partial charge in [-0.1, -0.05) is 28.2 Å². The molecule has 2 aliphatic carbocycles. The molecule has 1 spiro atoms. The average Bonchev–Trinajstić information content (AvgIpc) is 3.47. The van der Waals surface area contributed by atoms with E-state index in [1.807, 2.05) is 12.1 Å². The number of aliphatic carboxylic acids is 1. The number of carbonyl (C=O) groups is 4. The number of aliphatic hydroxyl groups excluding tert-OH is 1. The van der Waals surface area contributed by atoms with E-state index in [2.05, 4.69) is 54.5 Å². The molecule has 52 heavy (non-hydrogen) atoms. The predicted octanol–water partition coefficient (Wildman–Crippen LogP) is 1.13. The van der Waals surface area contributed by atoms with Gasteiger partial charge in [0.25, 0.3) is 0 Å². The Kier molecular flexibility index (Phi) is 13.7. The number of likely N-dealkylation sites (N-methyl/N-ethyl adjacent to an activating group) is 1. The summed E-state index contributed by atoms with van der Waals surface area (Å²) in [6.45, 7) is 1.56. The van der Waals surface area contributed by atoms with Crippen LogP contribution in [0.15, 0.2) is 24.0 Å². The van der Waals surface area contributed by atoms with Crippen molar-refractivity contribution in [2.45, 2.75) is 106 Å². The number of ether oxygens (including phenoxy) is 3. The van der Waals surface area contributed by atoms with Crippen LogP contribution in [0.1, 0.15) is 68.9 Å². The number of methoxy groups -OCH3 is 1. The highest BCUT2D eigenvalue weighted by molar-refractivity contribution is 7.34. The van der Waals surface area contributed by atoms with Crippen molar-refractivity contribution in [1.29, 1.82) is 0 Å². The smallest absolute Gasteiger partial charge is 0.333 e. The van der Waals surface area contributed by atoms with Crippen LogP contribution in [-0.2, 0) is 35.8 Å². The molecule has 3 unspecified atom stereocenters. The van der Waals surface area contributed by atoms with Crippen LogP contribution in [0, 0.1) is 5.92 Å². The van der Waals surface area contributed by atoms with E-state index >= 15 is 0 Å². The molecule has 7 N–H and O–H groups in total. The summed E-state index contributed by atoms with van der Waals surface area (Å²) in [5.41, 5.74) is 1.84. The molecule has 1 aromatic rings. The lowest BCUT2D eigenvalue weighted by Gasteiger charge is -2.56. The van der Waals surface area contributed by atoms with E-state index in [1.165, 1.54) is 5.56 Å². The zero-order chi connectivity index (χ0) is 37.6. The quantitative estimate of drug-likeness (QED) is 0.0431. The molecule has 0 aromatic heterocycles. The lowest BCUT2D eigenvalue weighted by Crippen LogP contribution is -2.63. The number of esters is 1. The van der Waals surface area contributed by atoms with Crippen molar-refractivity contribution in [2.75, 3.05) is 27.2 Å². The van der Waals surface area contributed by atoms with Crippen molar-refractivity contribution in [3.8, 4) is 11.5 Å². The number of benzene rings is 1. The highest BCUT2D eigenvalue weighted by Gasteiger charge is 2.65. The van der Waals surface area contributed by atoms with Crippen LogP contribution in [0.2, 0.25) is 0 Å². The van der Waals surface area contributed by atoms with Gasteiger partial charge < -0.3 is 45.1 Å². The van der Waals surface area contributed by atoms with Crippen LogP contribution in [0.3, 0.4) is 0 Å². The summed E-state index contributed by atoms with van der Waals surface area (Å²) in [5.74, 6) is -1.53. The summed E-state index contributed by atoms with van der Waals surface area (Å²) in [4.78, 5) is 54.7. The molecule has 1 fully saturated rings. The number of aliphatic hydroxyl groups is 2. The molecular weight excluding hydrogens is 712 g/mol. The number of piperidine rings is 1. The first-order chi connectivity index (χ1) is 24.9. The lowest BCUT2D eigenvalue weighted by atomic mass is 9.53. The van der Waals surface area contributed by atoms with Gasteiger partial charge >= 0.3 is 11.9 Å². The van der Waals surface area contributed by atoms with Crippen LogP contribution in [-0.4, -0.2) is 114 Å². The third-order valence-electron chi connectivity index (χ3n) is 10.9. The molecule has 2 bridgehead atoms. The van der Waals surface area contributed by atoms with Crippen LogP contribution < -0.4 is 30.3 Å². The third kappa shape index (κ3) is 8.46. The molecule has 15 nitrogen and oxygen atoms in total. The van der Waals surface area contributed by atoms with Crippen LogP contribution in [0.4, 0.5) is 0 Å². The number of carboxylic acid groups (broad SMARTS) is 1. The average molecular weight is 764 g/mol. The number of likely N-dealkylation sites (tertiary alicyclic amines) is 1. The second-order valence-electron chi connectivity index (χ2n) is 13.9. The van der Waals surface area contributed by atoms with Gasteiger partial charge in [0.2, 0.25) is 11.8 Å². The van der Waals surface area contributed by atoms with E-state index in [4.69, 9.17) is 14.2 Å². The van der Waals surface area contributed by atoms with E-state index in [-0.39, 0.29) is 31.2 Å². The van der Waals surface area contributed by atoms with E-state index in [9.17, 15) is 34.5 Å². The molecule has 1 aromatic carbocycles. The molecule has 2 aliphatic heterocycles. The SMILES string of the molecule is C=PNCCCC[C@H](NP)C(=O)NC(CCC(=O)O)C(=O)NC(CCC(O)O)C(=O)OC1=CC[C@H]2[C@H]3Cc4ccc(OC)c5c4[C@@]2(CCN3C)[C@H]1O5. The van der Waals surface area contributed by atoms with Crippen molar-refractivity contribution in [3.05, 3.63) is 35.1 Å². The summed E-state index contributed by atoms with van der Waals surface area (Å²) < 4.78 is 18.4. The number of carbonyl (C=O) groups excluding carboxylic acids is 3. The minimum Gasteiger partial charge on any atom is -0.493 e. The van der Waals surface area contributed by atoms with E-state index in [1.54, 1.807) is 7.11 Å². The molecule has 17 heteroatoms. The Bertz CT molecular complexity index is 1550. The molecule has 0 radical (unpaired) electrons. The third-order valence-corrected chi connectivity index (χ3v) is 11.8. The topological polar surface area (TPSA) is 208 Å². The summed E-state index contributed by atoms with van der Waals surface area (Å²) in [7, 11) is 6.83. The Morgan fingerprint density at radius 2 is 1.85 bits per heavy atom. The fourth-order valence-electron chi connectivity index (χ4n) is 8.32. The molecule has 8 atom stereocenters. The Balaban J connectivity index is 1.34. The highest BCUT2D eigenvalue weighted by Crippen LogP contribution is 2.63. The predicted molar refractivity (Wildman–Crippen MR) is 197 cm³/mol. The minimum atomic E-state index is -1.77. The molecule has 4 aliphatic rings. The first kappa shape index (κ1) is 40.0. The maximum absolute atomic E-state index is 14.0. The standard InChI is InChI=1S/C35H51N5O10P2/c1-40-17-15-35-20-8-12-26(31(35)50-30-25(48-2)11-7-19(29(30)35)18-24(20)40)49-34(47)23(10-14-28(43)44)38-32(45)21(9-13-27(41)42)37-33(46)22(39-51)6-4-5-16-36-52-3/h7,11-12,20-24,28,31,36,39,43-44H,3-6,8-10,13-18,51H2,1-2H3,(H,37,46)(H,38,45)(H,41,42)/t20-,21?,22-,23?,24+,31-,35-/m0/s1. The first-order valence-corrected chi connectivity index (χ1v) is 19.4. The van der Waals surface area contributed by atoms with E-state index < -0.39 is 66.1 Å². The van der Waals surface area contributed by atoms with Gasteiger partial charge in [0.05, 0.1) is 13.2 Å². The Hall–Kier alpha value is -3.16. The zero-order valence-electron chi connectivity index (χ0n) is 29.6. The fraction of sp³-hybridized carbons (Fsp3) is 0.629. The van der Waals surface area contributed by atoms with Gasteiger partial charge in [0.1, 0.15) is 17.8 Å². The van der Waals surface area contributed by atoms with Gasteiger partial charge in [-0.25, -0.2) is 4.79 Å². The van der Waals surface area contributed by atoms with Gasteiger partial charge in [0.15, 0.2) is 23.9 Å². The molecule has 286 valence electrons. The molecule has 1 saturated heterocycles. The van der Waals surface area contributed by atoms with Crippen molar-refractivity contribution in [2.24, 2.45) is 5.92 Å². The number of nitrogens with zero attached hydrogens (tertiary/aromatic N) is 1. The largest absolute Gasteiger partial charge is 0.493 e. The summed E-state index contributed by atoms with van der Waals surface area (Å²) >= 11 is 0. The Morgan fingerprint density at radius 1 is 1.10 bits per heavy atom. The van der Waals surface area contributed by atoms with Gasteiger partial charge in [-0.15, -0.1) is 0 Å². The maximum Gasteiger partial charge on any atom is 0.333 e. The summed E-state index contributed by atoms with van der Waals surface area (Å²) in [6, 6.07) is 0.935. The van der Waals surface area contributed by atoms with E-state index in [0.29, 0.717) is 36.5 Å². The van der Waals surface area contributed by atoms with Crippen molar-refractivity contribution >= 4 is 47.8 Å². The number of amides is 2. The minimum absolute atomic E-state index is 0.198. The summed E-state index contributed by atoms with van der Waals surface area (Å²) in [5, 5.41) is 39.9. The number of carboxylic acids is 1. The molecule has 0 saturated carbocycles. The number of allylic oxidation sites excluding steroid dienone is 1. The van der Waals surface area contributed by atoms with Gasteiger partial charge in [-0.05, 0) is 90.5 Å². The second-order valence-corrected chi connectivity index (χ2v) is 14.9. The van der Waals surface area contributed by atoms with Crippen molar-refractivity contribution < 1.29 is 48.7 Å². The molecule has 2 heterocycles. The van der Waals surface area contributed by atoms with Crippen LogP contribution >= 0.6 is 17.7 Å². The van der Waals surface area contributed by atoms with Crippen LogP contribution in [0.25, 0.3) is 0 Å². The van der Waals surface area contributed by atoms with Crippen molar-refractivity contribution in [1.82, 2.24) is 25.7 Å². The van der Waals surface area contributed by atoms with Gasteiger partial charge in [-0.2, -0.15) is 0 Å². The van der Waals surface area contributed by atoms with E-state index in [0.717, 1.165) is 46.3 Å². The Labute approximate surface area is 307 Å². The number of hydrogen-bond donors (Lipinski definition) is 7. The number of hydrogen-bond acceptors (Lipinski definition) is 12. The monoisotopic (exact) mass is 763 g/mol. The second kappa shape index (κ2) is 17.8. The molecule has 5 rings (SSSR count). The summed E-state index contributed by atoms with van der Waals surface area (Å²) in [6.07, 6.45) is 6.30. The molecule has 2 amide bonds. The van der Waals surface area contributed by atoms with Crippen LogP contribution in [0.5, 0.6) is 11.5 Å². The Morgan fingerprint density at radius 3 is 2.54 bits per heavy atom. The van der Waals surface area contributed by atoms with Crippen molar-refractivity contribution in [3.63, 3.8) is 0 Å². The fourth-order valence-corrected chi connectivity index (χ4v) is 8.95. The number of rotatable bonds is 20. The zero-order valence-corrected chi connectivity index (χ0v) is 31.7. The van der Waals surface area contributed by atoms with Gasteiger partial charge in [-0.3, -0.25) is 24.6 Å².